The monoisotopic (exact) mass is 290 g/mol. The lowest BCUT2D eigenvalue weighted by atomic mass is 9.84. The summed E-state index contributed by atoms with van der Waals surface area (Å²) in [5, 5.41) is 11.8. The number of carbonyl (C=O) groups excluding carboxylic acids is 1. The zero-order chi connectivity index (χ0) is 13.0. The number of aliphatic carboxylic acids is 1. The molecule has 19 heavy (non-hydrogen) atoms. The molecule has 2 fully saturated rings. The van der Waals surface area contributed by atoms with E-state index < -0.39 is 5.97 Å². The summed E-state index contributed by atoms with van der Waals surface area (Å²) in [5.41, 5.74) is 0. The fourth-order valence-electron chi connectivity index (χ4n) is 2.54. The van der Waals surface area contributed by atoms with Gasteiger partial charge in [0.15, 0.2) is 0 Å². The number of hydrogen-bond donors (Lipinski definition) is 2. The summed E-state index contributed by atoms with van der Waals surface area (Å²) in [6.07, 6.45) is 5.37. The van der Waals surface area contributed by atoms with Crippen LogP contribution in [0.5, 0.6) is 0 Å². The summed E-state index contributed by atoms with van der Waals surface area (Å²) in [4.78, 5) is 24.4. The maximum absolute atomic E-state index is 11.8. The van der Waals surface area contributed by atoms with E-state index in [1.54, 1.807) is 0 Å². The molecule has 0 spiro atoms. The molecule has 1 saturated heterocycles. The summed E-state index contributed by atoms with van der Waals surface area (Å²) >= 11 is 0. The first kappa shape index (κ1) is 16.2. The summed E-state index contributed by atoms with van der Waals surface area (Å²) in [5.74, 6) is -0.254. The van der Waals surface area contributed by atoms with Gasteiger partial charge in [0.25, 0.3) is 0 Å². The fourth-order valence-corrected chi connectivity index (χ4v) is 2.54. The van der Waals surface area contributed by atoms with Crippen molar-refractivity contribution in [1.82, 2.24) is 10.2 Å². The van der Waals surface area contributed by atoms with Crippen molar-refractivity contribution in [2.24, 2.45) is 5.92 Å². The number of nitrogens with one attached hydrogen (secondary N) is 1. The molecule has 2 N–H and O–H groups in total. The number of carboxylic acids is 1. The van der Waals surface area contributed by atoms with Crippen LogP contribution in [0.25, 0.3) is 0 Å². The summed E-state index contributed by atoms with van der Waals surface area (Å²) < 4.78 is 0. The van der Waals surface area contributed by atoms with Gasteiger partial charge in [-0.1, -0.05) is 6.42 Å². The van der Waals surface area contributed by atoms with Crippen LogP contribution in [0.4, 0.5) is 0 Å². The number of carboxylic acid groups (broad SMARTS) is 1. The number of halogens is 1. The van der Waals surface area contributed by atoms with Gasteiger partial charge in [0.05, 0.1) is 6.42 Å². The number of nitrogens with zero attached hydrogens (tertiary/aromatic N) is 1. The highest BCUT2D eigenvalue weighted by molar-refractivity contribution is 5.85. The smallest absolute Gasteiger partial charge is 0.304 e. The fraction of sp³-hybridized carbons (Fsp3) is 0.846. The molecule has 1 aliphatic heterocycles. The molecule has 1 aliphatic carbocycles. The average molecular weight is 291 g/mol. The SMILES string of the molecule is Cl.O=C(O)CCN1CCC(NC(=O)C2CCC2)CC1. The average Bonchev–Trinajstić information content (AvgIpc) is 2.25. The number of amides is 1. The van der Waals surface area contributed by atoms with Crippen molar-refractivity contribution in [3.63, 3.8) is 0 Å². The second kappa shape index (κ2) is 7.70. The number of hydrogen-bond acceptors (Lipinski definition) is 3. The van der Waals surface area contributed by atoms with Crippen molar-refractivity contribution in [2.75, 3.05) is 19.6 Å². The lowest BCUT2D eigenvalue weighted by Crippen LogP contribution is -2.47. The van der Waals surface area contributed by atoms with Crippen LogP contribution in [0.1, 0.15) is 38.5 Å². The predicted molar refractivity (Wildman–Crippen MR) is 74.4 cm³/mol. The molecule has 2 rings (SSSR count). The Kier molecular flexibility index (Phi) is 6.58. The largest absolute Gasteiger partial charge is 0.481 e. The highest BCUT2D eigenvalue weighted by Crippen LogP contribution is 2.26. The van der Waals surface area contributed by atoms with E-state index in [1.165, 1.54) is 6.42 Å². The Bertz CT molecular complexity index is 313. The minimum atomic E-state index is -0.740. The molecule has 1 saturated carbocycles. The van der Waals surface area contributed by atoms with Gasteiger partial charge in [-0.2, -0.15) is 0 Å². The van der Waals surface area contributed by atoms with Crippen molar-refractivity contribution in [1.29, 1.82) is 0 Å². The Morgan fingerprint density at radius 2 is 1.79 bits per heavy atom. The molecule has 0 aromatic rings. The van der Waals surface area contributed by atoms with Crippen molar-refractivity contribution < 1.29 is 14.7 Å². The summed E-state index contributed by atoms with van der Waals surface area (Å²) in [7, 11) is 0. The molecule has 1 amide bonds. The molecule has 0 aromatic carbocycles. The van der Waals surface area contributed by atoms with Crippen LogP contribution in [0.2, 0.25) is 0 Å². The zero-order valence-electron chi connectivity index (χ0n) is 11.1. The van der Waals surface area contributed by atoms with E-state index in [0.29, 0.717) is 12.6 Å². The molecular formula is C13H23ClN2O3. The maximum atomic E-state index is 11.8. The normalized spacial score (nSPS) is 21.3. The lowest BCUT2D eigenvalue weighted by molar-refractivity contribution is -0.137. The highest BCUT2D eigenvalue weighted by Gasteiger charge is 2.28. The molecule has 5 nitrogen and oxygen atoms in total. The van der Waals surface area contributed by atoms with E-state index in [1.807, 2.05) is 0 Å². The molecule has 0 atom stereocenters. The van der Waals surface area contributed by atoms with Crippen LogP contribution in [0, 0.1) is 5.92 Å². The van der Waals surface area contributed by atoms with Crippen LogP contribution < -0.4 is 5.32 Å². The van der Waals surface area contributed by atoms with E-state index in [0.717, 1.165) is 38.8 Å². The van der Waals surface area contributed by atoms with Crippen molar-refractivity contribution >= 4 is 24.3 Å². The van der Waals surface area contributed by atoms with Gasteiger partial charge in [0.1, 0.15) is 0 Å². The van der Waals surface area contributed by atoms with Crippen LogP contribution in [0.3, 0.4) is 0 Å². The van der Waals surface area contributed by atoms with E-state index in [2.05, 4.69) is 10.2 Å². The van der Waals surface area contributed by atoms with Crippen molar-refractivity contribution in [3.8, 4) is 0 Å². The first-order valence-corrected chi connectivity index (χ1v) is 6.89. The Morgan fingerprint density at radius 1 is 1.16 bits per heavy atom. The van der Waals surface area contributed by atoms with Gasteiger partial charge in [0, 0.05) is 31.6 Å². The third-order valence-corrected chi connectivity index (χ3v) is 4.05. The van der Waals surface area contributed by atoms with E-state index in [4.69, 9.17) is 5.11 Å². The molecule has 0 radical (unpaired) electrons. The third kappa shape index (κ3) is 4.99. The summed E-state index contributed by atoms with van der Waals surface area (Å²) in [6.45, 7) is 2.41. The topological polar surface area (TPSA) is 69.6 Å². The Morgan fingerprint density at radius 3 is 2.26 bits per heavy atom. The Labute approximate surface area is 120 Å². The summed E-state index contributed by atoms with van der Waals surface area (Å²) in [6, 6.07) is 0.291. The molecule has 110 valence electrons. The zero-order valence-corrected chi connectivity index (χ0v) is 12.0. The first-order valence-electron chi connectivity index (χ1n) is 6.89. The lowest BCUT2D eigenvalue weighted by Gasteiger charge is -2.34. The Balaban J connectivity index is 0.00000180. The standard InChI is InChI=1S/C13H22N2O3.ClH/c16-12(17)6-9-15-7-4-11(5-8-15)14-13(18)10-2-1-3-10;/h10-11H,1-9H2,(H,14,18)(H,16,17);1H. The van der Waals surface area contributed by atoms with Crippen molar-refractivity contribution in [2.45, 2.75) is 44.6 Å². The van der Waals surface area contributed by atoms with Crippen LogP contribution in [-0.4, -0.2) is 47.6 Å². The molecule has 0 unspecified atom stereocenters. The van der Waals surface area contributed by atoms with E-state index in [-0.39, 0.29) is 30.7 Å². The van der Waals surface area contributed by atoms with Crippen molar-refractivity contribution in [3.05, 3.63) is 0 Å². The van der Waals surface area contributed by atoms with E-state index >= 15 is 0 Å². The molecule has 0 aromatic heterocycles. The van der Waals surface area contributed by atoms with Crippen LogP contribution >= 0.6 is 12.4 Å². The maximum Gasteiger partial charge on any atom is 0.304 e. The third-order valence-electron chi connectivity index (χ3n) is 4.05. The highest BCUT2D eigenvalue weighted by atomic mass is 35.5. The van der Waals surface area contributed by atoms with Gasteiger partial charge in [-0.15, -0.1) is 12.4 Å². The Hall–Kier alpha value is -0.810. The number of piperidine rings is 1. The second-order valence-corrected chi connectivity index (χ2v) is 5.40. The predicted octanol–water partition coefficient (Wildman–Crippen LogP) is 1.26. The van der Waals surface area contributed by atoms with Crippen LogP contribution in [-0.2, 0) is 9.59 Å². The van der Waals surface area contributed by atoms with Gasteiger partial charge >= 0.3 is 5.97 Å². The number of carbonyl (C=O) groups is 2. The van der Waals surface area contributed by atoms with Gasteiger partial charge in [-0.05, 0) is 25.7 Å². The van der Waals surface area contributed by atoms with E-state index in [9.17, 15) is 9.59 Å². The minimum Gasteiger partial charge on any atom is -0.481 e. The molecule has 0 bridgehead atoms. The number of rotatable bonds is 5. The minimum absolute atomic E-state index is 0. The second-order valence-electron chi connectivity index (χ2n) is 5.40. The van der Waals surface area contributed by atoms with Gasteiger partial charge in [0.2, 0.25) is 5.91 Å². The van der Waals surface area contributed by atoms with Crippen LogP contribution in [0.15, 0.2) is 0 Å². The van der Waals surface area contributed by atoms with Gasteiger partial charge in [-0.3, -0.25) is 9.59 Å². The molecule has 2 aliphatic rings. The quantitative estimate of drug-likeness (QED) is 0.800. The molecule has 1 heterocycles. The van der Waals surface area contributed by atoms with Gasteiger partial charge < -0.3 is 15.3 Å². The molecule has 6 heteroatoms. The first-order chi connectivity index (χ1) is 8.65. The van der Waals surface area contributed by atoms with Gasteiger partial charge in [-0.25, -0.2) is 0 Å². The number of likely N-dealkylation sites (tertiary alicyclic amines) is 1. The molecular weight excluding hydrogens is 268 g/mol.